The summed E-state index contributed by atoms with van der Waals surface area (Å²) in [6.07, 6.45) is 1.66. The van der Waals surface area contributed by atoms with E-state index in [1.165, 1.54) is 15.6 Å². The summed E-state index contributed by atoms with van der Waals surface area (Å²) >= 11 is 4.55. The number of rotatable bonds is 4. The number of thiophene rings is 1. The molecule has 2 rings (SSSR count). The first kappa shape index (κ1) is 15.0. The zero-order valence-electron chi connectivity index (χ0n) is 11.0. The van der Waals surface area contributed by atoms with Crippen LogP contribution in [0.2, 0.25) is 0 Å². The Labute approximate surface area is 126 Å². The van der Waals surface area contributed by atoms with Crippen LogP contribution in [-0.2, 0) is 10.0 Å². The van der Waals surface area contributed by atoms with Crippen molar-refractivity contribution in [1.29, 1.82) is 5.26 Å². The van der Waals surface area contributed by atoms with Gasteiger partial charge in [-0.25, -0.2) is 8.42 Å². The zero-order valence-corrected chi connectivity index (χ0v) is 14.2. The first-order valence-corrected chi connectivity index (χ1v) is 8.97. The predicted molar refractivity (Wildman–Crippen MR) is 78.5 cm³/mol. The maximum Gasteiger partial charge on any atom is 0.254 e. The first-order chi connectivity index (χ1) is 8.70. The van der Waals surface area contributed by atoms with E-state index < -0.39 is 15.6 Å². The first-order valence-electron chi connectivity index (χ1n) is 5.92. The van der Waals surface area contributed by atoms with Gasteiger partial charge in [-0.1, -0.05) is 0 Å². The second-order valence-corrected chi connectivity index (χ2v) is 9.64. The fourth-order valence-electron chi connectivity index (χ4n) is 1.97. The van der Waals surface area contributed by atoms with Crippen molar-refractivity contribution in [3.63, 3.8) is 0 Å². The molecule has 0 saturated heterocycles. The molecule has 0 N–H and O–H groups in total. The van der Waals surface area contributed by atoms with Crippen molar-refractivity contribution in [2.24, 2.45) is 0 Å². The predicted octanol–water partition coefficient (Wildman–Crippen LogP) is 3.27. The Bertz CT molecular complexity index is 620. The third kappa shape index (κ3) is 2.72. The summed E-state index contributed by atoms with van der Waals surface area (Å²) < 4.78 is 28.0. The van der Waals surface area contributed by atoms with E-state index in [0.29, 0.717) is 4.21 Å². The molecule has 1 heterocycles. The van der Waals surface area contributed by atoms with Crippen LogP contribution in [0, 0.1) is 18.3 Å². The Morgan fingerprint density at radius 2 is 2.11 bits per heavy atom. The Kier molecular flexibility index (Phi) is 3.82. The molecule has 0 bridgehead atoms. The second-order valence-electron chi connectivity index (χ2n) is 5.23. The molecular formula is C12H15BrN2O2S2. The molecule has 0 amide bonds. The molecule has 1 aromatic rings. The van der Waals surface area contributed by atoms with E-state index in [0.717, 1.165) is 22.2 Å². The van der Waals surface area contributed by atoms with Crippen molar-refractivity contribution in [2.45, 2.75) is 49.4 Å². The topological polar surface area (TPSA) is 61.2 Å². The van der Waals surface area contributed by atoms with E-state index in [2.05, 4.69) is 22.0 Å². The summed E-state index contributed by atoms with van der Waals surface area (Å²) in [7, 11) is -3.61. The zero-order chi connectivity index (χ0) is 14.4. The molecule has 104 valence electrons. The summed E-state index contributed by atoms with van der Waals surface area (Å²) in [5, 5.41) is 9.25. The lowest BCUT2D eigenvalue weighted by atomic mass is 10.1. The fourth-order valence-corrected chi connectivity index (χ4v) is 6.24. The van der Waals surface area contributed by atoms with E-state index in [1.807, 2.05) is 6.92 Å². The highest BCUT2D eigenvalue weighted by Gasteiger charge is 2.47. The quantitative estimate of drug-likeness (QED) is 0.825. The van der Waals surface area contributed by atoms with Crippen LogP contribution in [0.1, 0.15) is 32.3 Å². The van der Waals surface area contributed by atoms with Crippen LogP contribution in [0.3, 0.4) is 0 Å². The van der Waals surface area contributed by atoms with Crippen molar-refractivity contribution in [1.82, 2.24) is 4.31 Å². The lowest BCUT2D eigenvalue weighted by molar-refractivity contribution is 0.281. The molecule has 4 nitrogen and oxygen atoms in total. The van der Waals surface area contributed by atoms with Gasteiger partial charge in [0.2, 0.25) is 0 Å². The maximum atomic E-state index is 12.7. The highest BCUT2D eigenvalue weighted by atomic mass is 79.9. The van der Waals surface area contributed by atoms with Gasteiger partial charge in [0.15, 0.2) is 0 Å². The number of aryl methyl sites for hydroxylation is 1. The van der Waals surface area contributed by atoms with Crippen LogP contribution in [0.25, 0.3) is 0 Å². The molecular weight excluding hydrogens is 348 g/mol. The SMILES string of the molecule is Cc1cc(S(=O)(=O)N(C2CC2)C(C)(C)C#N)sc1Br. The summed E-state index contributed by atoms with van der Waals surface area (Å²) in [4.78, 5) is 0. The van der Waals surface area contributed by atoms with Gasteiger partial charge < -0.3 is 0 Å². The van der Waals surface area contributed by atoms with Gasteiger partial charge in [-0.15, -0.1) is 11.3 Å². The van der Waals surface area contributed by atoms with Crippen molar-refractivity contribution < 1.29 is 8.42 Å². The highest BCUT2D eigenvalue weighted by Crippen LogP contribution is 2.40. The minimum atomic E-state index is -3.61. The lowest BCUT2D eigenvalue weighted by Gasteiger charge is -2.31. The van der Waals surface area contributed by atoms with Gasteiger partial charge in [-0.2, -0.15) is 9.57 Å². The molecule has 0 atom stereocenters. The molecule has 1 fully saturated rings. The third-order valence-corrected chi connectivity index (χ3v) is 7.76. The van der Waals surface area contributed by atoms with Crippen molar-refractivity contribution in [3.05, 3.63) is 15.4 Å². The largest absolute Gasteiger partial charge is 0.254 e. The average Bonchev–Trinajstić information content (AvgIpc) is 3.05. The molecule has 1 aliphatic rings. The van der Waals surface area contributed by atoms with Crippen molar-refractivity contribution >= 4 is 37.3 Å². The highest BCUT2D eigenvalue weighted by molar-refractivity contribution is 9.11. The molecule has 0 aromatic carbocycles. The summed E-state index contributed by atoms with van der Waals surface area (Å²) in [5.74, 6) is 0. The van der Waals surface area contributed by atoms with Gasteiger partial charge in [-0.05, 0) is 61.2 Å². The second kappa shape index (κ2) is 4.85. The van der Waals surface area contributed by atoms with Crippen LogP contribution in [-0.4, -0.2) is 24.3 Å². The summed E-state index contributed by atoms with van der Waals surface area (Å²) in [5.41, 5.74) is -0.126. The van der Waals surface area contributed by atoms with Crippen LogP contribution >= 0.6 is 27.3 Å². The smallest absolute Gasteiger partial charge is 0.206 e. The number of sulfonamides is 1. The fraction of sp³-hybridized carbons (Fsp3) is 0.583. The minimum absolute atomic E-state index is 0.0409. The van der Waals surface area contributed by atoms with E-state index in [1.54, 1.807) is 19.9 Å². The van der Waals surface area contributed by atoms with Crippen LogP contribution in [0.4, 0.5) is 0 Å². The Morgan fingerprint density at radius 3 is 2.47 bits per heavy atom. The molecule has 0 unspecified atom stereocenters. The molecule has 0 radical (unpaired) electrons. The van der Waals surface area contributed by atoms with Gasteiger partial charge in [0.1, 0.15) is 9.75 Å². The molecule has 1 aromatic heterocycles. The Balaban J connectivity index is 2.50. The maximum absolute atomic E-state index is 12.7. The van der Waals surface area contributed by atoms with E-state index in [9.17, 15) is 13.7 Å². The molecule has 1 aliphatic carbocycles. The summed E-state index contributed by atoms with van der Waals surface area (Å²) in [6, 6.07) is 3.72. The average molecular weight is 363 g/mol. The molecule has 0 spiro atoms. The number of hydrogen-bond donors (Lipinski definition) is 0. The van der Waals surface area contributed by atoms with Crippen molar-refractivity contribution in [3.8, 4) is 6.07 Å². The van der Waals surface area contributed by atoms with Gasteiger partial charge in [0, 0.05) is 6.04 Å². The molecule has 0 aliphatic heterocycles. The third-order valence-electron chi connectivity index (χ3n) is 3.05. The van der Waals surface area contributed by atoms with E-state index in [-0.39, 0.29) is 6.04 Å². The molecule has 1 saturated carbocycles. The van der Waals surface area contributed by atoms with Gasteiger partial charge in [0.25, 0.3) is 10.0 Å². The lowest BCUT2D eigenvalue weighted by Crippen LogP contribution is -2.47. The molecule has 7 heteroatoms. The van der Waals surface area contributed by atoms with Crippen molar-refractivity contribution in [2.75, 3.05) is 0 Å². The normalized spacial score (nSPS) is 16.6. The Morgan fingerprint density at radius 1 is 1.53 bits per heavy atom. The number of hydrogen-bond acceptors (Lipinski definition) is 4. The Hall–Kier alpha value is -0.420. The van der Waals surface area contributed by atoms with E-state index >= 15 is 0 Å². The van der Waals surface area contributed by atoms with Crippen LogP contribution in [0.15, 0.2) is 14.1 Å². The van der Waals surface area contributed by atoms with Crippen LogP contribution in [0.5, 0.6) is 0 Å². The van der Waals surface area contributed by atoms with Gasteiger partial charge >= 0.3 is 0 Å². The molecule has 19 heavy (non-hydrogen) atoms. The van der Waals surface area contributed by atoms with Crippen LogP contribution < -0.4 is 0 Å². The minimum Gasteiger partial charge on any atom is -0.206 e. The monoisotopic (exact) mass is 362 g/mol. The number of nitriles is 1. The number of halogens is 1. The van der Waals surface area contributed by atoms with E-state index in [4.69, 9.17) is 0 Å². The summed E-state index contributed by atoms with van der Waals surface area (Å²) in [6.45, 7) is 5.16. The standard InChI is InChI=1S/C12H15BrN2O2S2/c1-8-6-10(18-11(8)13)19(16,17)15(9-4-5-9)12(2,3)7-14/h6,9H,4-5H2,1-3H3. The van der Waals surface area contributed by atoms with Gasteiger partial charge in [0.05, 0.1) is 9.86 Å². The van der Waals surface area contributed by atoms with Gasteiger partial charge in [-0.3, -0.25) is 0 Å². The number of nitrogens with zero attached hydrogens (tertiary/aromatic N) is 2.